The van der Waals surface area contributed by atoms with Gasteiger partial charge in [0.2, 0.25) is 0 Å². The second kappa shape index (κ2) is 8.00. The number of benzene rings is 1. The second-order valence-corrected chi connectivity index (χ2v) is 7.43. The molecule has 1 aromatic carbocycles. The number of fused-ring (bicyclic) bond motifs is 1. The number of halogens is 2. The SMILES string of the molecule is C=CCN(C(=O)c1sc2nc(-c3ccncc3)ccc2c1N)c1ccc(F)c(F)c1. The maximum atomic E-state index is 13.7. The van der Waals surface area contributed by atoms with E-state index in [0.717, 1.165) is 34.7 Å². The third-order valence-corrected chi connectivity index (χ3v) is 5.64. The summed E-state index contributed by atoms with van der Waals surface area (Å²) in [6.07, 6.45) is 4.85. The predicted octanol–water partition coefficient (Wildman–Crippen LogP) is 5.05. The Hall–Kier alpha value is -3.65. The van der Waals surface area contributed by atoms with Crippen molar-refractivity contribution in [3.8, 4) is 11.3 Å². The molecule has 4 rings (SSSR count). The first-order chi connectivity index (χ1) is 14.5. The Labute approximate surface area is 175 Å². The molecule has 0 aliphatic carbocycles. The van der Waals surface area contributed by atoms with Crippen LogP contribution in [0.5, 0.6) is 0 Å². The molecule has 0 unspecified atom stereocenters. The first kappa shape index (κ1) is 19.7. The molecule has 0 atom stereocenters. The number of hydrogen-bond acceptors (Lipinski definition) is 5. The Morgan fingerprint density at radius 2 is 1.90 bits per heavy atom. The number of aromatic nitrogens is 2. The predicted molar refractivity (Wildman–Crippen MR) is 115 cm³/mol. The maximum Gasteiger partial charge on any atom is 0.270 e. The molecule has 0 radical (unpaired) electrons. The Balaban J connectivity index is 1.76. The molecule has 3 aromatic heterocycles. The van der Waals surface area contributed by atoms with Gasteiger partial charge in [-0.1, -0.05) is 6.08 Å². The molecule has 5 nitrogen and oxygen atoms in total. The van der Waals surface area contributed by atoms with E-state index in [4.69, 9.17) is 5.73 Å². The van der Waals surface area contributed by atoms with Crippen LogP contribution in [0.15, 0.2) is 67.5 Å². The first-order valence-electron chi connectivity index (χ1n) is 8.97. The van der Waals surface area contributed by atoms with E-state index in [0.29, 0.717) is 15.9 Å². The average Bonchev–Trinajstić information content (AvgIpc) is 3.10. The van der Waals surface area contributed by atoms with Crippen molar-refractivity contribution in [3.63, 3.8) is 0 Å². The van der Waals surface area contributed by atoms with Crippen molar-refractivity contribution in [1.29, 1.82) is 0 Å². The van der Waals surface area contributed by atoms with Gasteiger partial charge in [-0.2, -0.15) is 0 Å². The van der Waals surface area contributed by atoms with E-state index in [1.54, 1.807) is 12.4 Å². The molecule has 30 heavy (non-hydrogen) atoms. The van der Waals surface area contributed by atoms with Crippen molar-refractivity contribution in [1.82, 2.24) is 9.97 Å². The highest BCUT2D eigenvalue weighted by Gasteiger charge is 2.24. The van der Waals surface area contributed by atoms with Gasteiger partial charge >= 0.3 is 0 Å². The normalized spacial score (nSPS) is 10.9. The molecule has 0 saturated carbocycles. The van der Waals surface area contributed by atoms with Gasteiger partial charge in [0.25, 0.3) is 5.91 Å². The van der Waals surface area contributed by atoms with E-state index in [1.165, 1.54) is 17.0 Å². The van der Waals surface area contributed by atoms with E-state index >= 15 is 0 Å². The van der Waals surface area contributed by atoms with Crippen molar-refractivity contribution < 1.29 is 13.6 Å². The fourth-order valence-electron chi connectivity index (χ4n) is 3.05. The van der Waals surface area contributed by atoms with Crippen LogP contribution in [0, 0.1) is 11.6 Å². The van der Waals surface area contributed by atoms with E-state index < -0.39 is 17.5 Å². The summed E-state index contributed by atoms with van der Waals surface area (Å²) in [5.41, 5.74) is 8.37. The van der Waals surface area contributed by atoms with Crippen LogP contribution in [0.2, 0.25) is 0 Å². The van der Waals surface area contributed by atoms with Crippen LogP contribution in [0.25, 0.3) is 21.5 Å². The number of amides is 1. The van der Waals surface area contributed by atoms with Crippen molar-refractivity contribution in [3.05, 3.63) is 84.0 Å². The van der Waals surface area contributed by atoms with E-state index in [1.807, 2.05) is 24.3 Å². The summed E-state index contributed by atoms with van der Waals surface area (Å²) in [7, 11) is 0. The van der Waals surface area contributed by atoms with Gasteiger partial charge in [0.15, 0.2) is 11.6 Å². The lowest BCUT2D eigenvalue weighted by Gasteiger charge is -2.21. The highest BCUT2D eigenvalue weighted by molar-refractivity contribution is 7.21. The largest absolute Gasteiger partial charge is 0.397 e. The van der Waals surface area contributed by atoms with Gasteiger partial charge in [-0.3, -0.25) is 9.78 Å². The Bertz CT molecular complexity index is 1260. The maximum absolute atomic E-state index is 13.7. The second-order valence-electron chi connectivity index (χ2n) is 6.43. The summed E-state index contributed by atoms with van der Waals surface area (Å²) in [5, 5.41) is 0.657. The minimum absolute atomic E-state index is 0.104. The molecular weight excluding hydrogens is 406 g/mol. The first-order valence-corrected chi connectivity index (χ1v) is 9.78. The number of pyridine rings is 2. The molecule has 2 N–H and O–H groups in total. The van der Waals surface area contributed by atoms with Gasteiger partial charge in [-0.25, -0.2) is 13.8 Å². The Morgan fingerprint density at radius 3 is 2.60 bits per heavy atom. The van der Waals surface area contributed by atoms with E-state index in [2.05, 4.69) is 16.5 Å². The van der Waals surface area contributed by atoms with E-state index in [-0.39, 0.29) is 17.1 Å². The number of hydrogen-bond donors (Lipinski definition) is 1. The zero-order chi connectivity index (χ0) is 21.3. The van der Waals surface area contributed by atoms with Gasteiger partial charge in [0.05, 0.1) is 11.4 Å². The summed E-state index contributed by atoms with van der Waals surface area (Å²) in [5.74, 6) is -2.46. The zero-order valence-electron chi connectivity index (χ0n) is 15.7. The number of nitrogen functional groups attached to an aromatic ring is 1. The van der Waals surface area contributed by atoms with Gasteiger partial charge in [-0.05, 0) is 36.4 Å². The van der Waals surface area contributed by atoms with Crippen molar-refractivity contribution >= 4 is 38.8 Å². The molecule has 0 fully saturated rings. The van der Waals surface area contributed by atoms with Crippen LogP contribution >= 0.6 is 11.3 Å². The summed E-state index contributed by atoms with van der Waals surface area (Å²) < 4.78 is 27.0. The average molecular weight is 422 g/mol. The molecule has 0 aliphatic rings. The minimum atomic E-state index is -1.04. The number of rotatable bonds is 5. The summed E-state index contributed by atoms with van der Waals surface area (Å²) >= 11 is 1.15. The Morgan fingerprint density at radius 1 is 1.13 bits per heavy atom. The lowest BCUT2D eigenvalue weighted by molar-refractivity contribution is 0.0994. The highest BCUT2D eigenvalue weighted by atomic mass is 32.1. The van der Waals surface area contributed by atoms with Crippen molar-refractivity contribution in [2.45, 2.75) is 0 Å². The number of nitrogens with zero attached hydrogens (tertiary/aromatic N) is 3. The smallest absolute Gasteiger partial charge is 0.270 e. The molecule has 8 heteroatoms. The van der Waals surface area contributed by atoms with Gasteiger partial charge < -0.3 is 10.6 Å². The third-order valence-electron chi connectivity index (χ3n) is 4.54. The third kappa shape index (κ3) is 3.53. The van der Waals surface area contributed by atoms with Crippen LogP contribution in [0.3, 0.4) is 0 Å². The summed E-state index contributed by atoms with van der Waals surface area (Å²) in [4.78, 5) is 24.0. The van der Waals surface area contributed by atoms with Crippen LogP contribution in [-0.4, -0.2) is 22.4 Å². The standard InChI is InChI=1S/C22H16F2N4OS/c1-2-11-28(14-3-5-16(23)17(24)12-14)22(29)20-19(25)15-4-6-18(27-21(15)30-20)13-7-9-26-10-8-13/h2-10,12H,1,11,25H2. The number of thiophene rings is 1. The molecule has 3 heterocycles. The van der Waals surface area contributed by atoms with Crippen LogP contribution < -0.4 is 10.6 Å². The molecule has 150 valence electrons. The van der Waals surface area contributed by atoms with Crippen LogP contribution in [0.4, 0.5) is 20.2 Å². The number of carbonyl (C=O) groups excluding carboxylic acids is 1. The fraction of sp³-hybridized carbons (Fsp3) is 0.0455. The van der Waals surface area contributed by atoms with Gasteiger partial charge in [0, 0.05) is 41.6 Å². The molecule has 0 aliphatic heterocycles. The van der Waals surface area contributed by atoms with Crippen molar-refractivity contribution in [2.75, 3.05) is 17.2 Å². The molecule has 4 aromatic rings. The summed E-state index contributed by atoms with van der Waals surface area (Å²) in [6.45, 7) is 3.75. The number of nitrogens with two attached hydrogens (primary N) is 1. The highest BCUT2D eigenvalue weighted by Crippen LogP contribution is 2.35. The molecule has 0 bridgehead atoms. The van der Waals surface area contributed by atoms with Crippen LogP contribution in [-0.2, 0) is 0 Å². The molecule has 0 saturated heterocycles. The number of carbonyl (C=O) groups is 1. The van der Waals surface area contributed by atoms with Crippen LogP contribution in [0.1, 0.15) is 9.67 Å². The molecule has 1 amide bonds. The zero-order valence-corrected chi connectivity index (χ0v) is 16.5. The quantitative estimate of drug-likeness (QED) is 0.457. The van der Waals surface area contributed by atoms with Crippen molar-refractivity contribution in [2.24, 2.45) is 0 Å². The topological polar surface area (TPSA) is 72.1 Å². The fourth-order valence-corrected chi connectivity index (χ4v) is 4.09. The number of anilines is 2. The Kier molecular flexibility index (Phi) is 5.24. The van der Waals surface area contributed by atoms with Gasteiger partial charge in [0.1, 0.15) is 9.71 Å². The minimum Gasteiger partial charge on any atom is -0.397 e. The van der Waals surface area contributed by atoms with E-state index in [9.17, 15) is 13.6 Å². The molecular formula is C22H16F2N4OS. The van der Waals surface area contributed by atoms with Gasteiger partial charge in [-0.15, -0.1) is 17.9 Å². The lowest BCUT2D eigenvalue weighted by atomic mass is 10.1. The lowest BCUT2D eigenvalue weighted by Crippen LogP contribution is -2.31. The molecule has 0 spiro atoms. The summed E-state index contributed by atoms with van der Waals surface area (Å²) in [6, 6.07) is 10.6. The monoisotopic (exact) mass is 422 g/mol.